The van der Waals surface area contributed by atoms with E-state index in [0.717, 1.165) is 28.8 Å². The van der Waals surface area contributed by atoms with E-state index in [2.05, 4.69) is 22.5 Å². The monoisotopic (exact) mass is 674 g/mol. The molecule has 4 N–H and O–H groups in total. The molecular weight excluding hydrogens is 620 g/mol. The molecule has 0 aliphatic rings. The Morgan fingerprint density at radius 2 is 1.27 bits per heavy atom. The zero-order valence-corrected chi connectivity index (χ0v) is 29.5. The third-order valence-electron chi connectivity index (χ3n) is 9.12. The maximum Gasteiger partial charge on any atom is 0.328 e. The van der Waals surface area contributed by atoms with E-state index in [0.29, 0.717) is 28.6 Å². The zero-order chi connectivity index (χ0) is 35.2. The Kier molecular flexibility index (Phi) is 14.3. The molecule has 0 aliphatic carbocycles. The van der Waals surface area contributed by atoms with E-state index in [4.69, 9.17) is 0 Å². The summed E-state index contributed by atoms with van der Waals surface area (Å²) in [5, 5.41) is 41.1. The number of rotatable bonds is 20. The molecule has 4 aromatic rings. The minimum atomic E-state index is -1.11. The number of hydrogen-bond acceptors (Lipinski definition) is 7. The van der Waals surface area contributed by atoms with Crippen LogP contribution in [0.3, 0.4) is 0 Å². The predicted octanol–water partition coefficient (Wildman–Crippen LogP) is 8.18. The van der Waals surface area contributed by atoms with E-state index in [9.17, 15) is 24.9 Å². The molecular formula is C38H54N6O5. The molecule has 0 unspecified atom stereocenters. The first-order valence-corrected chi connectivity index (χ1v) is 18.1. The topological polar surface area (TPSA) is 146 Å². The molecule has 11 heteroatoms. The van der Waals surface area contributed by atoms with Crippen LogP contribution in [0.2, 0.25) is 0 Å². The number of amides is 2. The molecule has 0 saturated heterocycles. The third-order valence-corrected chi connectivity index (χ3v) is 9.12. The van der Waals surface area contributed by atoms with E-state index >= 15 is 0 Å². The van der Waals surface area contributed by atoms with Gasteiger partial charge < -0.3 is 20.2 Å². The maximum absolute atomic E-state index is 13.2. The van der Waals surface area contributed by atoms with Gasteiger partial charge in [-0.3, -0.25) is 9.59 Å². The lowest BCUT2D eigenvalue weighted by Gasteiger charge is -2.20. The number of hydrogen-bond donors (Lipinski definition) is 4. The van der Waals surface area contributed by atoms with E-state index < -0.39 is 11.8 Å². The van der Waals surface area contributed by atoms with Crippen molar-refractivity contribution in [1.29, 1.82) is 0 Å². The molecule has 0 atom stereocenters. The normalized spacial score (nSPS) is 11.3. The van der Waals surface area contributed by atoms with Gasteiger partial charge in [0.05, 0.1) is 5.69 Å². The van der Waals surface area contributed by atoms with Crippen molar-refractivity contribution in [2.45, 2.75) is 123 Å². The molecule has 49 heavy (non-hydrogen) atoms. The molecule has 0 fully saturated rings. The number of nitrogens with one attached hydrogen (secondary N) is 1. The Labute approximate surface area is 289 Å². The summed E-state index contributed by atoms with van der Waals surface area (Å²) in [6.07, 6.45) is 20.8. The smallest absolute Gasteiger partial charge is 0.328 e. The fraction of sp³-hybridized carbons (Fsp3) is 0.526. The van der Waals surface area contributed by atoms with Crippen LogP contribution in [0.15, 0.2) is 42.5 Å². The lowest BCUT2D eigenvalue weighted by Crippen LogP contribution is -2.40. The van der Waals surface area contributed by atoms with Crippen molar-refractivity contribution in [1.82, 2.24) is 19.7 Å². The minimum Gasteiger partial charge on any atom is -0.504 e. The van der Waals surface area contributed by atoms with Crippen molar-refractivity contribution in [2.24, 2.45) is 0 Å². The first kappa shape index (κ1) is 37.3. The highest BCUT2D eigenvalue weighted by Gasteiger charge is 2.26. The number of phenols is 1. The summed E-state index contributed by atoms with van der Waals surface area (Å²) in [6.45, 7) is 4.04. The average molecular weight is 675 g/mol. The largest absolute Gasteiger partial charge is 0.504 e. The standard InChI is InChI=1S/C38H54N6O5/c1-4-5-6-7-8-9-10-11-12-13-14-15-16-17-18-19-22-29-27-34(45)43(37(29)48)41-36(47)38(49)42(3)32-25-28(2)26-33(35(32)46)44-39-30-23-20-21-24-31(30)40-44/h20-21,23-27,45-46,48H,4-19,22H2,1-3H3,(H,41,47). The molecule has 2 heterocycles. The van der Waals surface area contributed by atoms with Crippen molar-refractivity contribution in [3.8, 4) is 23.2 Å². The van der Waals surface area contributed by atoms with Crippen LogP contribution >= 0.6 is 0 Å². The number of benzene rings is 2. The number of carbonyl (C=O) groups excluding carboxylic acids is 2. The van der Waals surface area contributed by atoms with Gasteiger partial charge in [0.1, 0.15) is 16.7 Å². The number of unbranched alkanes of at least 4 members (excludes halogenated alkanes) is 15. The van der Waals surface area contributed by atoms with Gasteiger partial charge in [0.2, 0.25) is 11.8 Å². The minimum absolute atomic E-state index is 0.0710. The number of aromatic nitrogens is 4. The van der Waals surface area contributed by atoms with Crippen molar-refractivity contribution >= 4 is 28.5 Å². The molecule has 0 radical (unpaired) electrons. The van der Waals surface area contributed by atoms with Gasteiger partial charge in [-0.2, -0.15) is 4.68 Å². The molecule has 2 amide bonds. The first-order valence-electron chi connectivity index (χ1n) is 18.1. The van der Waals surface area contributed by atoms with Gasteiger partial charge >= 0.3 is 11.8 Å². The van der Waals surface area contributed by atoms with Gasteiger partial charge in [0.25, 0.3) is 0 Å². The van der Waals surface area contributed by atoms with Crippen LogP contribution in [0.25, 0.3) is 16.7 Å². The van der Waals surface area contributed by atoms with Crippen LogP contribution in [0.4, 0.5) is 5.69 Å². The highest BCUT2D eigenvalue weighted by atomic mass is 16.3. The summed E-state index contributed by atoms with van der Waals surface area (Å²) >= 11 is 0. The van der Waals surface area contributed by atoms with Crippen LogP contribution in [0.1, 0.15) is 121 Å². The lowest BCUT2D eigenvalue weighted by atomic mass is 10.0. The number of anilines is 1. The first-order chi connectivity index (χ1) is 23.7. The molecule has 0 saturated carbocycles. The highest BCUT2D eigenvalue weighted by Crippen LogP contribution is 2.35. The summed E-state index contributed by atoms with van der Waals surface area (Å²) in [6, 6.07) is 11.9. The molecule has 0 spiro atoms. The summed E-state index contributed by atoms with van der Waals surface area (Å²) in [5.41, 5.74) is 5.05. The van der Waals surface area contributed by atoms with Crippen LogP contribution in [-0.4, -0.2) is 53.9 Å². The van der Waals surface area contributed by atoms with E-state index in [1.807, 2.05) is 12.1 Å². The van der Waals surface area contributed by atoms with Crippen LogP contribution in [-0.2, 0) is 16.0 Å². The van der Waals surface area contributed by atoms with Crippen molar-refractivity contribution < 1.29 is 24.9 Å². The predicted molar refractivity (Wildman–Crippen MR) is 194 cm³/mol. The van der Waals surface area contributed by atoms with Gasteiger partial charge in [-0.1, -0.05) is 115 Å². The molecule has 2 aromatic heterocycles. The number of aryl methyl sites for hydroxylation is 2. The Morgan fingerprint density at radius 3 is 1.80 bits per heavy atom. The Hall–Kier alpha value is -4.54. The zero-order valence-electron chi connectivity index (χ0n) is 29.5. The van der Waals surface area contributed by atoms with Crippen molar-refractivity contribution in [2.75, 3.05) is 17.4 Å². The summed E-state index contributed by atoms with van der Waals surface area (Å²) < 4.78 is 0.802. The van der Waals surface area contributed by atoms with Gasteiger partial charge in [0.15, 0.2) is 5.75 Å². The molecule has 266 valence electrons. The Bertz CT molecular complexity index is 1630. The molecule has 4 rings (SSSR count). The summed E-state index contributed by atoms with van der Waals surface area (Å²) in [7, 11) is 1.35. The van der Waals surface area contributed by atoms with Crippen LogP contribution in [0, 0.1) is 6.92 Å². The average Bonchev–Trinajstić information content (AvgIpc) is 3.64. The number of nitrogens with zero attached hydrogens (tertiary/aromatic N) is 5. The second-order valence-electron chi connectivity index (χ2n) is 13.2. The van der Waals surface area contributed by atoms with Crippen molar-refractivity contribution in [3.63, 3.8) is 0 Å². The molecule has 0 bridgehead atoms. The van der Waals surface area contributed by atoms with Gasteiger partial charge in [-0.25, -0.2) is 5.43 Å². The maximum atomic E-state index is 13.2. The third kappa shape index (κ3) is 10.5. The Balaban J connectivity index is 1.20. The Morgan fingerprint density at radius 1 is 0.755 bits per heavy atom. The highest BCUT2D eigenvalue weighted by molar-refractivity contribution is 6.43. The molecule has 11 nitrogen and oxygen atoms in total. The van der Waals surface area contributed by atoms with Gasteiger partial charge in [-0.15, -0.1) is 15.0 Å². The lowest BCUT2D eigenvalue weighted by molar-refractivity contribution is -0.134. The fourth-order valence-corrected chi connectivity index (χ4v) is 6.22. The second kappa shape index (κ2) is 18.9. The number of aromatic hydroxyl groups is 3. The quantitative estimate of drug-likeness (QED) is 0.0546. The van der Waals surface area contributed by atoms with Gasteiger partial charge in [-0.05, 0) is 49.6 Å². The number of carbonyl (C=O) groups is 2. The SMILES string of the molecule is CCCCCCCCCCCCCCCCCCc1cc(O)n(NC(=O)C(=O)N(C)c2cc(C)cc(-n3nc4ccccc4n3)c2O)c1O. The molecule has 2 aromatic carbocycles. The summed E-state index contributed by atoms with van der Waals surface area (Å²) in [4.78, 5) is 28.4. The van der Waals surface area contributed by atoms with Crippen LogP contribution < -0.4 is 10.3 Å². The van der Waals surface area contributed by atoms with Crippen molar-refractivity contribution in [3.05, 3.63) is 53.6 Å². The number of phenolic OH excluding ortho intramolecular Hbond substituents is 1. The molecule has 0 aliphatic heterocycles. The summed E-state index contributed by atoms with van der Waals surface area (Å²) in [5.74, 6) is -3.12. The van der Waals surface area contributed by atoms with E-state index in [-0.39, 0.29) is 28.9 Å². The number of fused-ring (bicyclic) bond motifs is 1. The second-order valence-corrected chi connectivity index (χ2v) is 13.2. The van der Waals surface area contributed by atoms with E-state index in [1.54, 1.807) is 31.2 Å². The van der Waals surface area contributed by atoms with Crippen LogP contribution in [0.5, 0.6) is 17.5 Å². The van der Waals surface area contributed by atoms with E-state index in [1.165, 1.54) is 101 Å². The number of likely N-dealkylation sites (N-methyl/N-ethyl adjacent to an activating group) is 1. The van der Waals surface area contributed by atoms with Gasteiger partial charge in [0, 0.05) is 18.7 Å². The fourth-order valence-electron chi connectivity index (χ4n) is 6.22.